The maximum Gasteiger partial charge on any atom is 0.698 e. The lowest BCUT2D eigenvalue weighted by Gasteiger charge is -2.04. The molecule has 0 rings (SSSR count). The highest BCUT2D eigenvalue weighted by Gasteiger charge is 2.29. The Morgan fingerprint density at radius 2 is 1.50 bits per heavy atom. The topological polar surface area (TPSA) is 35.5 Å². The molecule has 0 aromatic carbocycles. The molecule has 0 amide bonds. The molecule has 82 valence electrons. The van der Waals surface area contributed by atoms with E-state index in [0.717, 1.165) is 19.3 Å². The van der Waals surface area contributed by atoms with Gasteiger partial charge in [-0.15, -0.1) is 9.05 Å². The molecule has 0 bridgehead atoms. The van der Waals surface area contributed by atoms with Crippen molar-refractivity contribution in [1.82, 2.24) is 0 Å². The second-order valence-electron chi connectivity index (χ2n) is 3.19. The maximum absolute atomic E-state index is 11.4. The van der Waals surface area contributed by atoms with E-state index in [9.17, 15) is 4.57 Å². The van der Waals surface area contributed by atoms with Crippen LogP contribution in [0.15, 0.2) is 0 Å². The zero-order valence-electron chi connectivity index (χ0n) is 9.36. The Bertz CT molecular complexity index is 137. The molecule has 0 radical (unpaired) electrons. The second kappa shape index (κ2) is 8.22. The quantitative estimate of drug-likeness (QED) is 0.460. The van der Waals surface area contributed by atoms with Crippen LogP contribution in [0.3, 0.4) is 0 Å². The zero-order chi connectivity index (χ0) is 11.0. The van der Waals surface area contributed by atoms with Gasteiger partial charge in [0.1, 0.15) is 12.5 Å². The molecule has 0 aliphatic rings. The van der Waals surface area contributed by atoms with Gasteiger partial charge in [-0.2, -0.15) is 0 Å². The largest absolute Gasteiger partial charge is 0.698 e. The summed E-state index contributed by atoms with van der Waals surface area (Å²) in [6.07, 6.45) is 3.17. The van der Waals surface area contributed by atoms with E-state index < -0.39 is 8.25 Å². The van der Waals surface area contributed by atoms with Crippen LogP contribution in [0.25, 0.3) is 0 Å². The second-order valence-corrected chi connectivity index (χ2v) is 4.06. The maximum atomic E-state index is 11.4. The van der Waals surface area contributed by atoms with Gasteiger partial charge in [-0.25, -0.2) is 0 Å². The molecule has 2 atom stereocenters. The van der Waals surface area contributed by atoms with Crippen molar-refractivity contribution in [3.63, 3.8) is 0 Å². The first-order valence-electron chi connectivity index (χ1n) is 5.27. The van der Waals surface area contributed by atoms with Gasteiger partial charge in [0, 0.05) is 4.57 Å². The first-order chi connectivity index (χ1) is 6.67. The van der Waals surface area contributed by atoms with Gasteiger partial charge in [-0.1, -0.05) is 20.8 Å². The van der Waals surface area contributed by atoms with Crippen LogP contribution in [0.4, 0.5) is 0 Å². The molecule has 0 aromatic rings. The van der Waals surface area contributed by atoms with E-state index in [-0.39, 0.29) is 12.2 Å². The number of rotatable bonds is 8. The molecule has 0 fully saturated rings. The first kappa shape index (κ1) is 13.9. The van der Waals surface area contributed by atoms with Gasteiger partial charge in [-0.05, 0) is 19.3 Å². The van der Waals surface area contributed by atoms with Crippen LogP contribution in [0.1, 0.15) is 46.5 Å². The lowest BCUT2D eigenvalue weighted by atomic mass is 10.2. The number of hydrogen-bond donors (Lipinski definition) is 0. The Hall–Kier alpha value is -0.110. The van der Waals surface area contributed by atoms with Crippen molar-refractivity contribution in [3.05, 3.63) is 6.92 Å². The van der Waals surface area contributed by atoms with Crippen LogP contribution in [-0.4, -0.2) is 12.2 Å². The average Bonchev–Trinajstić information content (AvgIpc) is 2.22. The van der Waals surface area contributed by atoms with Gasteiger partial charge in [0.2, 0.25) is 0 Å². The normalized spacial score (nSPS) is 14.4. The van der Waals surface area contributed by atoms with Crippen LogP contribution in [0, 0.1) is 6.92 Å². The van der Waals surface area contributed by atoms with E-state index in [1.54, 1.807) is 0 Å². The van der Waals surface area contributed by atoms with Gasteiger partial charge in [0.25, 0.3) is 0 Å². The van der Waals surface area contributed by atoms with E-state index in [2.05, 4.69) is 6.92 Å². The summed E-state index contributed by atoms with van der Waals surface area (Å²) in [4.78, 5) is 0. The Balaban J connectivity index is 3.83. The van der Waals surface area contributed by atoms with Crippen molar-refractivity contribution in [2.75, 3.05) is 0 Å². The Morgan fingerprint density at radius 1 is 1.07 bits per heavy atom. The van der Waals surface area contributed by atoms with Crippen LogP contribution in [0.2, 0.25) is 0 Å². The predicted molar refractivity (Wildman–Crippen MR) is 58.2 cm³/mol. The summed E-state index contributed by atoms with van der Waals surface area (Å²) in [6, 6.07) is 0. The van der Waals surface area contributed by atoms with Crippen molar-refractivity contribution >= 4 is 8.25 Å². The summed E-state index contributed by atoms with van der Waals surface area (Å²) in [5.74, 6) is 0. The van der Waals surface area contributed by atoms with Crippen molar-refractivity contribution in [1.29, 1.82) is 0 Å². The van der Waals surface area contributed by atoms with Crippen molar-refractivity contribution in [2.24, 2.45) is 0 Å². The highest BCUT2D eigenvalue weighted by Crippen LogP contribution is 2.31. The monoisotopic (exact) mass is 220 g/mol. The van der Waals surface area contributed by atoms with E-state index in [1.165, 1.54) is 0 Å². The van der Waals surface area contributed by atoms with Gasteiger partial charge in [0.05, 0.1) is 6.92 Å². The highest BCUT2D eigenvalue weighted by atomic mass is 31.1. The Morgan fingerprint density at radius 3 is 1.86 bits per heavy atom. The van der Waals surface area contributed by atoms with Gasteiger partial charge >= 0.3 is 8.25 Å². The van der Waals surface area contributed by atoms with Gasteiger partial charge in [0.15, 0.2) is 6.10 Å². The molecule has 0 saturated heterocycles. The van der Waals surface area contributed by atoms with Crippen LogP contribution < -0.4 is 0 Å². The minimum absolute atomic E-state index is 0.0425. The molecule has 0 aliphatic carbocycles. The zero-order valence-corrected chi connectivity index (χ0v) is 10.3. The van der Waals surface area contributed by atoms with E-state index in [4.69, 9.17) is 9.05 Å². The standard InChI is InChI=1S/C10H21O3P/c1-5-9(6-2)12-14(11)13-10(7-3)8-4/h9-10H,1,5-8H2,2-4H3/q+2. The fourth-order valence-electron chi connectivity index (χ4n) is 1.04. The summed E-state index contributed by atoms with van der Waals surface area (Å²) >= 11 is 0. The minimum atomic E-state index is -1.97. The third-order valence-corrected chi connectivity index (χ3v) is 3.10. The van der Waals surface area contributed by atoms with Crippen molar-refractivity contribution in [3.8, 4) is 0 Å². The summed E-state index contributed by atoms with van der Waals surface area (Å²) in [6.45, 7) is 9.72. The molecule has 0 spiro atoms. The summed E-state index contributed by atoms with van der Waals surface area (Å²) in [5, 5.41) is 0. The van der Waals surface area contributed by atoms with E-state index in [0.29, 0.717) is 6.42 Å². The van der Waals surface area contributed by atoms with Crippen LogP contribution >= 0.6 is 8.25 Å². The highest BCUT2D eigenvalue weighted by molar-refractivity contribution is 7.33. The molecule has 0 aliphatic heterocycles. The third-order valence-electron chi connectivity index (χ3n) is 2.16. The molecule has 14 heavy (non-hydrogen) atoms. The fourth-order valence-corrected chi connectivity index (χ4v) is 2.13. The van der Waals surface area contributed by atoms with Crippen molar-refractivity contribution < 1.29 is 13.6 Å². The molecule has 4 heteroatoms. The predicted octanol–water partition coefficient (Wildman–Crippen LogP) is 3.87. The van der Waals surface area contributed by atoms with Gasteiger partial charge < -0.3 is 0 Å². The summed E-state index contributed by atoms with van der Waals surface area (Å²) in [7, 11) is -1.97. The number of hydrogen-bond acceptors (Lipinski definition) is 3. The minimum Gasteiger partial charge on any atom is -0.116 e. The third kappa shape index (κ3) is 5.58. The van der Waals surface area contributed by atoms with E-state index >= 15 is 0 Å². The molecular formula is C10H21O3P+2. The molecule has 0 saturated carbocycles. The first-order valence-corrected chi connectivity index (χ1v) is 6.37. The van der Waals surface area contributed by atoms with Crippen molar-refractivity contribution in [2.45, 2.75) is 58.7 Å². The molecule has 0 aromatic heterocycles. The lowest BCUT2D eigenvalue weighted by Crippen LogP contribution is -2.10. The molecule has 2 unspecified atom stereocenters. The van der Waals surface area contributed by atoms with Gasteiger partial charge in [-0.3, -0.25) is 0 Å². The molecule has 0 heterocycles. The molecule has 3 nitrogen and oxygen atoms in total. The Kier molecular flexibility index (Phi) is 8.15. The summed E-state index contributed by atoms with van der Waals surface area (Å²) < 4.78 is 21.8. The van der Waals surface area contributed by atoms with Crippen LogP contribution in [-0.2, 0) is 13.6 Å². The average molecular weight is 220 g/mol. The Labute approximate surface area is 88.1 Å². The lowest BCUT2D eigenvalue weighted by molar-refractivity contribution is 0.124. The SMILES string of the molecule is [CH2+]CC(CC)O[P+](=O)OC(CC)CC. The fraction of sp³-hybridized carbons (Fsp3) is 0.900. The van der Waals surface area contributed by atoms with E-state index in [1.807, 2.05) is 20.8 Å². The molecular weight excluding hydrogens is 199 g/mol. The van der Waals surface area contributed by atoms with Crippen LogP contribution in [0.5, 0.6) is 0 Å². The smallest absolute Gasteiger partial charge is 0.116 e. The summed E-state index contributed by atoms with van der Waals surface area (Å²) in [5.41, 5.74) is 0. The molecule has 0 N–H and O–H groups in total.